The lowest BCUT2D eigenvalue weighted by molar-refractivity contribution is 0.102. The number of nitrogens with zero attached hydrogens (tertiary/aromatic N) is 3. The molecule has 1 N–H and O–H groups in total. The molecule has 1 saturated heterocycles. The molecule has 2 heterocycles. The average Bonchev–Trinajstić information content (AvgIpc) is 3.23. The molecule has 1 fully saturated rings. The van der Waals surface area contributed by atoms with Crippen LogP contribution >= 0.6 is 0 Å². The first-order chi connectivity index (χ1) is 14.6. The number of carbonyl (C=O) groups excluding carboxylic acids is 1. The minimum absolute atomic E-state index is 0.205. The molecule has 6 nitrogen and oxygen atoms in total. The number of likely N-dealkylation sites (tertiary alicyclic amines) is 1. The number of rotatable bonds is 6. The summed E-state index contributed by atoms with van der Waals surface area (Å²) in [7, 11) is 1.70. The number of carbonyl (C=O) groups is 1. The monoisotopic (exact) mass is 408 g/mol. The van der Waals surface area contributed by atoms with E-state index in [9.17, 15) is 9.18 Å². The molecule has 0 aliphatic carbocycles. The fraction of sp³-hybridized carbons (Fsp3) is 0.304. The van der Waals surface area contributed by atoms with E-state index in [0.29, 0.717) is 5.82 Å². The Morgan fingerprint density at radius 2 is 1.97 bits per heavy atom. The fourth-order valence-corrected chi connectivity index (χ4v) is 3.92. The zero-order valence-electron chi connectivity index (χ0n) is 16.9. The van der Waals surface area contributed by atoms with Crippen LogP contribution in [0.2, 0.25) is 0 Å². The van der Waals surface area contributed by atoms with Crippen LogP contribution in [0.3, 0.4) is 0 Å². The standard InChI is InChI=1S/C23H25FN4O2/c1-30-21-8-3-2-5-18(21)16-27-13-10-20(11-14-27)28-22(9-12-25-28)26-23(29)17-6-4-7-19(24)15-17/h2-9,12,15,20H,10-11,13-14,16H2,1H3,(H,26,29). The molecule has 0 radical (unpaired) electrons. The molecule has 30 heavy (non-hydrogen) atoms. The summed E-state index contributed by atoms with van der Waals surface area (Å²) in [5.74, 6) is 0.768. The Hall–Kier alpha value is -3.19. The van der Waals surface area contributed by atoms with Crippen molar-refractivity contribution in [2.45, 2.75) is 25.4 Å². The second kappa shape index (κ2) is 9.09. The summed E-state index contributed by atoms with van der Waals surface area (Å²) in [4.78, 5) is 14.9. The summed E-state index contributed by atoms with van der Waals surface area (Å²) in [6.45, 7) is 2.71. The van der Waals surface area contributed by atoms with Gasteiger partial charge < -0.3 is 10.1 Å². The van der Waals surface area contributed by atoms with Crippen LogP contribution in [0.5, 0.6) is 5.75 Å². The van der Waals surface area contributed by atoms with E-state index in [1.807, 2.05) is 22.9 Å². The predicted molar refractivity (Wildman–Crippen MR) is 113 cm³/mol. The molecule has 1 aliphatic rings. The Morgan fingerprint density at radius 3 is 2.73 bits per heavy atom. The van der Waals surface area contributed by atoms with Crippen LogP contribution in [0.4, 0.5) is 10.2 Å². The number of halogens is 1. The number of hydrogen-bond acceptors (Lipinski definition) is 4. The van der Waals surface area contributed by atoms with E-state index in [-0.39, 0.29) is 17.5 Å². The van der Waals surface area contributed by atoms with Gasteiger partial charge in [0.1, 0.15) is 17.4 Å². The van der Waals surface area contributed by atoms with Crippen molar-refractivity contribution in [1.29, 1.82) is 0 Å². The first-order valence-electron chi connectivity index (χ1n) is 10.1. The van der Waals surface area contributed by atoms with Crippen LogP contribution in [0.25, 0.3) is 0 Å². The maximum Gasteiger partial charge on any atom is 0.256 e. The highest BCUT2D eigenvalue weighted by molar-refractivity contribution is 6.03. The lowest BCUT2D eigenvalue weighted by Crippen LogP contribution is -2.35. The normalized spacial score (nSPS) is 15.1. The summed E-state index contributed by atoms with van der Waals surface area (Å²) in [5.41, 5.74) is 1.47. The van der Waals surface area contributed by atoms with Crippen molar-refractivity contribution in [3.8, 4) is 5.75 Å². The molecule has 0 saturated carbocycles. The molecule has 0 bridgehead atoms. The van der Waals surface area contributed by atoms with Crippen molar-refractivity contribution < 1.29 is 13.9 Å². The number of piperidine rings is 1. The van der Waals surface area contributed by atoms with Crippen LogP contribution in [0, 0.1) is 5.82 Å². The molecule has 3 aromatic rings. The predicted octanol–water partition coefficient (Wildman–Crippen LogP) is 4.12. The van der Waals surface area contributed by atoms with Crippen LogP contribution < -0.4 is 10.1 Å². The van der Waals surface area contributed by atoms with E-state index >= 15 is 0 Å². The Morgan fingerprint density at radius 1 is 1.17 bits per heavy atom. The van der Waals surface area contributed by atoms with Crippen molar-refractivity contribution in [3.05, 3.63) is 77.7 Å². The molecule has 0 atom stereocenters. The van der Waals surface area contributed by atoms with Gasteiger partial charge in [-0.1, -0.05) is 24.3 Å². The Bertz CT molecular complexity index is 1010. The summed E-state index contributed by atoms with van der Waals surface area (Å²) in [6.07, 6.45) is 3.54. The maximum atomic E-state index is 13.4. The maximum absolute atomic E-state index is 13.4. The quantitative estimate of drug-likeness (QED) is 0.667. The SMILES string of the molecule is COc1ccccc1CN1CCC(n2nccc2NC(=O)c2cccc(F)c2)CC1. The average molecular weight is 408 g/mol. The molecule has 1 aromatic heterocycles. The lowest BCUT2D eigenvalue weighted by atomic mass is 10.0. The van der Waals surface area contributed by atoms with Gasteiger partial charge in [0.2, 0.25) is 0 Å². The number of anilines is 1. The van der Waals surface area contributed by atoms with Gasteiger partial charge in [-0.2, -0.15) is 5.10 Å². The van der Waals surface area contributed by atoms with Gasteiger partial charge in [-0.05, 0) is 37.1 Å². The number of benzene rings is 2. The zero-order valence-corrected chi connectivity index (χ0v) is 16.9. The minimum Gasteiger partial charge on any atom is -0.496 e. The highest BCUT2D eigenvalue weighted by atomic mass is 19.1. The Balaban J connectivity index is 1.38. The third kappa shape index (κ3) is 4.52. The van der Waals surface area contributed by atoms with Gasteiger partial charge in [0.15, 0.2) is 0 Å². The molecular weight excluding hydrogens is 383 g/mol. The lowest BCUT2D eigenvalue weighted by Gasteiger charge is -2.33. The smallest absolute Gasteiger partial charge is 0.256 e. The molecular formula is C23H25FN4O2. The third-order valence-electron chi connectivity index (χ3n) is 5.49. The Kier molecular flexibility index (Phi) is 6.09. The molecule has 2 aromatic carbocycles. The highest BCUT2D eigenvalue weighted by Crippen LogP contribution is 2.28. The highest BCUT2D eigenvalue weighted by Gasteiger charge is 2.24. The van der Waals surface area contributed by atoms with Gasteiger partial charge in [0.25, 0.3) is 5.91 Å². The van der Waals surface area contributed by atoms with E-state index in [0.717, 1.165) is 38.2 Å². The van der Waals surface area contributed by atoms with E-state index in [2.05, 4.69) is 21.4 Å². The van der Waals surface area contributed by atoms with Crippen LogP contribution in [-0.4, -0.2) is 40.8 Å². The summed E-state index contributed by atoms with van der Waals surface area (Å²) >= 11 is 0. The van der Waals surface area contributed by atoms with Crippen molar-refractivity contribution in [2.24, 2.45) is 0 Å². The molecule has 0 unspecified atom stereocenters. The van der Waals surface area contributed by atoms with Crippen molar-refractivity contribution in [1.82, 2.24) is 14.7 Å². The number of ether oxygens (including phenoxy) is 1. The first kappa shape index (κ1) is 20.1. The minimum atomic E-state index is -0.432. The van der Waals surface area contributed by atoms with E-state index in [4.69, 9.17) is 4.74 Å². The number of para-hydroxylation sites is 1. The van der Waals surface area contributed by atoms with Gasteiger partial charge in [0, 0.05) is 36.8 Å². The van der Waals surface area contributed by atoms with Gasteiger partial charge in [-0.3, -0.25) is 9.69 Å². The first-order valence-corrected chi connectivity index (χ1v) is 10.1. The molecule has 156 valence electrons. The second-order valence-electron chi connectivity index (χ2n) is 7.44. The summed E-state index contributed by atoms with van der Waals surface area (Å²) in [5, 5.41) is 7.29. The number of aromatic nitrogens is 2. The van der Waals surface area contributed by atoms with Crippen molar-refractivity contribution >= 4 is 11.7 Å². The fourth-order valence-electron chi connectivity index (χ4n) is 3.92. The molecule has 7 heteroatoms. The second-order valence-corrected chi connectivity index (χ2v) is 7.44. The van der Waals surface area contributed by atoms with E-state index in [1.54, 1.807) is 25.4 Å². The third-order valence-corrected chi connectivity index (χ3v) is 5.49. The largest absolute Gasteiger partial charge is 0.496 e. The van der Waals surface area contributed by atoms with Crippen LogP contribution in [0.1, 0.15) is 34.8 Å². The van der Waals surface area contributed by atoms with Gasteiger partial charge >= 0.3 is 0 Å². The van der Waals surface area contributed by atoms with E-state index < -0.39 is 5.82 Å². The number of nitrogens with one attached hydrogen (secondary N) is 1. The number of amides is 1. The Labute approximate surface area is 175 Å². The molecule has 0 spiro atoms. The molecule has 1 aliphatic heterocycles. The topological polar surface area (TPSA) is 59.4 Å². The number of hydrogen-bond donors (Lipinski definition) is 1. The van der Waals surface area contributed by atoms with Gasteiger partial charge in [-0.15, -0.1) is 0 Å². The van der Waals surface area contributed by atoms with Gasteiger partial charge in [0.05, 0.1) is 19.3 Å². The van der Waals surface area contributed by atoms with Crippen molar-refractivity contribution in [2.75, 3.05) is 25.5 Å². The van der Waals surface area contributed by atoms with Crippen LogP contribution in [-0.2, 0) is 6.54 Å². The van der Waals surface area contributed by atoms with Gasteiger partial charge in [-0.25, -0.2) is 9.07 Å². The van der Waals surface area contributed by atoms with E-state index in [1.165, 1.54) is 23.8 Å². The molecule has 1 amide bonds. The summed E-state index contributed by atoms with van der Waals surface area (Å²) in [6, 6.07) is 15.7. The van der Waals surface area contributed by atoms with Crippen LogP contribution in [0.15, 0.2) is 60.8 Å². The summed E-state index contributed by atoms with van der Waals surface area (Å²) < 4.78 is 20.7. The molecule has 4 rings (SSSR count). The number of methoxy groups -OCH3 is 1. The zero-order chi connectivity index (χ0) is 20.9. The van der Waals surface area contributed by atoms with Crippen molar-refractivity contribution in [3.63, 3.8) is 0 Å².